The van der Waals surface area contributed by atoms with E-state index < -0.39 is 0 Å². The van der Waals surface area contributed by atoms with Crippen LogP contribution in [0.1, 0.15) is 21.5 Å². The summed E-state index contributed by atoms with van der Waals surface area (Å²) in [6.07, 6.45) is 0. The molecule has 0 saturated carbocycles. The molecule has 0 radical (unpaired) electrons. The molecule has 0 bridgehead atoms. The number of aromatic nitrogens is 3. The van der Waals surface area contributed by atoms with Gasteiger partial charge in [-0.3, -0.25) is 4.79 Å². The molecule has 30 heavy (non-hydrogen) atoms. The van der Waals surface area contributed by atoms with Crippen molar-refractivity contribution < 1.29 is 9.53 Å². The molecule has 6 nitrogen and oxygen atoms in total. The Morgan fingerprint density at radius 3 is 2.33 bits per heavy atom. The number of nitrogens with zero attached hydrogens (tertiary/aromatic N) is 3. The Bertz CT molecular complexity index is 1130. The van der Waals surface area contributed by atoms with E-state index in [4.69, 9.17) is 4.74 Å². The first-order chi connectivity index (χ1) is 14.6. The van der Waals surface area contributed by atoms with Crippen molar-refractivity contribution in [2.24, 2.45) is 0 Å². The molecule has 0 amide bonds. The quantitative estimate of drug-likeness (QED) is 0.516. The molecule has 0 atom stereocenters. The van der Waals surface area contributed by atoms with E-state index in [1.165, 1.54) is 4.68 Å². The van der Waals surface area contributed by atoms with E-state index in [0.717, 1.165) is 22.4 Å². The minimum Gasteiger partial charge on any atom is -0.497 e. The third-order valence-electron chi connectivity index (χ3n) is 4.74. The highest BCUT2D eigenvalue weighted by molar-refractivity contribution is 5.97. The van der Waals surface area contributed by atoms with Crippen molar-refractivity contribution in [3.63, 3.8) is 0 Å². The van der Waals surface area contributed by atoms with Gasteiger partial charge in [0.15, 0.2) is 5.82 Å². The fourth-order valence-electron chi connectivity index (χ4n) is 3.02. The summed E-state index contributed by atoms with van der Waals surface area (Å²) in [6, 6.07) is 24.7. The van der Waals surface area contributed by atoms with E-state index in [1.54, 1.807) is 19.2 Å². The van der Waals surface area contributed by atoms with Crippen LogP contribution in [0.4, 0.5) is 5.95 Å². The van der Waals surface area contributed by atoms with Gasteiger partial charge in [0.05, 0.1) is 7.11 Å². The van der Waals surface area contributed by atoms with Crippen LogP contribution in [-0.2, 0) is 6.54 Å². The second-order valence-corrected chi connectivity index (χ2v) is 6.91. The SMILES string of the molecule is COc1ccc(CNc2nc(-c3ccc(C)cc3)nn2C(=O)c2ccccc2)cc1. The maximum absolute atomic E-state index is 13.1. The number of benzene rings is 3. The molecular weight excluding hydrogens is 376 g/mol. The topological polar surface area (TPSA) is 69.0 Å². The van der Waals surface area contributed by atoms with Crippen LogP contribution in [0.5, 0.6) is 5.75 Å². The molecule has 1 N–H and O–H groups in total. The Morgan fingerprint density at radius 2 is 1.67 bits per heavy atom. The predicted octanol–water partition coefficient (Wildman–Crippen LogP) is 4.56. The van der Waals surface area contributed by atoms with E-state index in [-0.39, 0.29) is 5.91 Å². The molecule has 0 unspecified atom stereocenters. The average molecular weight is 398 g/mol. The highest BCUT2D eigenvalue weighted by atomic mass is 16.5. The Hall–Kier alpha value is -3.93. The maximum Gasteiger partial charge on any atom is 0.281 e. The van der Waals surface area contributed by atoms with Gasteiger partial charge in [-0.15, -0.1) is 5.10 Å². The van der Waals surface area contributed by atoms with Crippen LogP contribution < -0.4 is 10.1 Å². The monoisotopic (exact) mass is 398 g/mol. The second kappa shape index (κ2) is 8.61. The van der Waals surface area contributed by atoms with E-state index in [2.05, 4.69) is 15.4 Å². The number of ether oxygens (including phenoxy) is 1. The first-order valence-electron chi connectivity index (χ1n) is 9.65. The Balaban J connectivity index is 1.65. The van der Waals surface area contributed by atoms with Crippen molar-refractivity contribution in [3.8, 4) is 17.1 Å². The molecule has 0 spiro atoms. The molecule has 0 saturated heterocycles. The molecule has 1 heterocycles. The Morgan fingerprint density at radius 1 is 0.967 bits per heavy atom. The van der Waals surface area contributed by atoms with Crippen LogP contribution in [0.15, 0.2) is 78.9 Å². The first kappa shape index (κ1) is 19.4. The standard InChI is InChI=1S/C24H22N4O2/c1-17-8-12-19(13-9-17)22-26-24(25-16-18-10-14-21(30-2)15-11-18)28(27-22)23(29)20-6-4-3-5-7-20/h3-15H,16H2,1-2H3,(H,25,26,27). The van der Waals surface area contributed by atoms with E-state index in [0.29, 0.717) is 23.9 Å². The lowest BCUT2D eigenvalue weighted by molar-refractivity contribution is 0.0947. The molecule has 0 aliphatic heterocycles. The summed E-state index contributed by atoms with van der Waals surface area (Å²) in [5.41, 5.74) is 3.59. The highest BCUT2D eigenvalue weighted by Gasteiger charge is 2.18. The highest BCUT2D eigenvalue weighted by Crippen LogP contribution is 2.20. The van der Waals surface area contributed by atoms with Crippen molar-refractivity contribution in [2.75, 3.05) is 12.4 Å². The van der Waals surface area contributed by atoms with Gasteiger partial charge in [0.25, 0.3) is 5.91 Å². The van der Waals surface area contributed by atoms with Gasteiger partial charge in [-0.2, -0.15) is 9.67 Å². The molecule has 0 aliphatic carbocycles. The number of hydrogen-bond donors (Lipinski definition) is 1. The van der Waals surface area contributed by atoms with Crippen molar-refractivity contribution >= 4 is 11.9 Å². The lowest BCUT2D eigenvalue weighted by Gasteiger charge is -2.08. The second-order valence-electron chi connectivity index (χ2n) is 6.91. The summed E-state index contributed by atoms with van der Waals surface area (Å²) in [7, 11) is 1.64. The zero-order valence-electron chi connectivity index (χ0n) is 16.9. The summed E-state index contributed by atoms with van der Waals surface area (Å²) in [5, 5.41) is 7.75. The molecular formula is C24H22N4O2. The lowest BCUT2D eigenvalue weighted by atomic mass is 10.1. The molecule has 6 heteroatoms. The number of carbonyl (C=O) groups is 1. The van der Waals surface area contributed by atoms with Gasteiger partial charge in [-0.05, 0) is 36.8 Å². The van der Waals surface area contributed by atoms with Crippen LogP contribution in [-0.4, -0.2) is 27.8 Å². The summed E-state index contributed by atoms with van der Waals surface area (Å²) in [6.45, 7) is 2.52. The predicted molar refractivity (Wildman–Crippen MR) is 117 cm³/mol. The van der Waals surface area contributed by atoms with Crippen LogP contribution in [0.25, 0.3) is 11.4 Å². The molecule has 3 aromatic carbocycles. The van der Waals surface area contributed by atoms with E-state index in [1.807, 2.05) is 73.7 Å². The number of nitrogens with one attached hydrogen (secondary N) is 1. The number of aryl methyl sites for hydroxylation is 1. The normalized spacial score (nSPS) is 10.6. The van der Waals surface area contributed by atoms with Crippen LogP contribution in [0.2, 0.25) is 0 Å². The molecule has 4 rings (SSSR count). The molecule has 1 aromatic heterocycles. The summed E-state index contributed by atoms with van der Waals surface area (Å²) >= 11 is 0. The number of rotatable bonds is 6. The van der Waals surface area contributed by atoms with E-state index >= 15 is 0 Å². The van der Waals surface area contributed by atoms with Crippen LogP contribution >= 0.6 is 0 Å². The lowest BCUT2D eigenvalue weighted by Crippen LogP contribution is -2.17. The third-order valence-corrected chi connectivity index (χ3v) is 4.74. The summed E-state index contributed by atoms with van der Waals surface area (Å²) in [4.78, 5) is 17.7. The van der Waals surface area contributed by atoms with Gasteiger partial charge < -0.3 is 10.1 Å². The van der Waals surface area contributed by atoms with E-state index in [9.17, 15) is 4.79 Å². The van der Waals surface area contributed by atoms with Gasteiger partial charge in [-0.1, -0.05) is 60.2 Å². The number of carbonyl (C=O) groups excluding carboxylic acids is 1. The number of anilines is 1. The number of methoxy groups -OCH3 is 1. The minimum absolute atomic E-state index is 0.237. The van der Waals surface area contributed by atoms with Gasteiger partial charge in [0.2, 0.25) is 5.95 Å². The summed E-state index contributed by atoms with van der Waals surface area (Å²) < 4.78 is 6.53. The fourth-order valence-corrected chi connectivity index (χ4v) is 3.02. The van der Waals surface area contributed by atoms with Crippen LogP contribution in [0, 0.1) is 6.92 Å². The smallest absolute Gasteiger partial charge is 0.281 e. The van der Waals surface area contributed by atoms with Crippen LogP contribution in [0.3, 0.4) is 0 Å². The molecule has 0 aliphatic rings. The average Bonchev–Trinajstić information content (AvgIpc) is 3.23. The minimum atomic E-state index is -0.237. The van der Waals surface area contributed by atoms with Gasteiger partial charge >= 0.3 is 0 Å². The largest absolute Gasteiger partial charge is 0.497 e. The van der Waals surface area contributed by atoms with Crippen molar-refractivity contribution in [2.45, 2.75) is 13.5 Å². The Labute approximate surface area is 175 Å². The number of hydrogen-bond acceptors (Lipinski definition) is 5. The van der Waals surface area contributed by atoms with Crippen molar-refractivity contribution in [1.82, 2.24) is 14.8 Å². The molecule has 0 fully saturated rings. The zero-order valence-corrected chi connectivity index (χ0v) is 16.9. The van der Waals surface area contributed by atoms with Gasteiger partial charge in [0, 0.05) is 17.7 Å². The fraction of sp³-hybridized carbons (Fsp3) is 0.125. The van der Waals surface area contributed by atoms with Gasteiger partial charge in [0.1, 0.15) is 5.75 Å². The third kappa shape index (κ3) is 4.22. The maximum atomic E-state index is 13.1. The Kier molecular flexibility index (Phi) is 5.57. The molecule has 4 aromatic rings. The summed E-state index contributed by atoms with van der Waals surface area (Å²) in [5.74, 6) is 1.45. The first-order valence-corrected chi connectivity index (χ1v) is 9.65. The van der Waals surface area contributed by atoms with Gasteiger partial charge in [-0.25, -0.2) is 0 Å². The zero-order chi connectivity index (χ0) is 20.9. The van der Waals surface area contributed by atoms with Crippen molar-refractivity contribution in [1.29, 1.82) is 0 Å². The van der Waals surface area contributed by atoms with Crippen molar-refractivity contribution in [3.05, 3.63) is 95.6 Å². The molecule has 150 valence electrons.